The van der Waals surface area contributed by atoms with E-state index >= 15 is 0 Å². The van der Waals surface area contributed by atoms with Gasteiger partial charge in [-0.2, -0.15) is 0 Å². The predicted molar refractivity (Wildman–Crippen MR) is 127 cm³/mol. The maximum absolute atomic E-state index is 11.7. The van der Waals surface area contributed by atoms with E-state index in [4.69, 9.17) is 10.5 Å². The highest BCUT2D eigenvalue weighted by Crippen LogP contribution is 2.31. The van der Waals surface area contributed by atoms with Crippen molar-refractivity contribution in [3.63, 3.8) is 0 Å². The molecule has 0 bridgehead atoms. The number of aromatic nitrogens is 3. The van der Waals surface area contributed by atoms with E-state index in [1.54, 1.807) is 31.9 Å². The molecule has 0 saturated heterocycles. The third-order valence-corrected chi connectivity index (χ3v) is 4.75. The molecule has 3 aromatic rings. The molecule has 1 aliphatic heterocycles. The standard InChI is InChI=1S/C15H17NO3.C10H10N4O/c1-15(2,18)8-6-11-4-5-12-13(10-11)19-9-7-14(17)16(12)3;11-9(15)10-12-8(13-14-10)6-7-4-2-1-3-5-7/h4-5,10,18H,7,9H2,1-3H3;1-5H,6H2,(H2,11,15)(H,12,13,14). The first-order valence-corrected chi connectivity index (χ1v) is 10.7. The highest BCUT2D eigenvalue weighted by atomic mass is 16.5. The summed E-state index contributed by atoms with van der Waals surface area (Å²) in [5, 5.41) is 16.0. The predicted octanol–water partition coefficient (Wildman–Crippen LogP) is 2.05. The molecule has 1 aromatic heterocycles. The van der Waals surface area contributed by atoms with Gasteiger partial charge in [0.05, 0.1) is 18.7 Å². The highest BCUT2D eigenvalue weighted by molar-refractivity contribution is 5.95. The Kier molecular flexibility index (Phi) is 7.66. The van der Waals surface area contributed by atoms with Crippen LogP contribution < -0.4 is 15.4 Å². The summed E-state index contributed by atoms with van der Waals surface area (Å²) >= 11 is 0. The van der Waals surface area contributed by atoms with Crippen molar-refractivity contribution >= 4 is 17.5 Å². The van der Waals surface area contributed by atoms with Gasteiger partial charge in [-0.1, -0.05) is 42.2 Å². The summed E-state index contributed by atoms with van der Waals surface area (Å²) in [4.78, 5) is 28.0. The highest BCUT2D eigenvalue weighted by Gasteiger charge is 2.19. The molecule has 9 heteroatoms. The zero-order chi connectivity index (χ0) is 24.7. The van der Waals surface area contributed by atoms with Crippen LogP contribution in [0.25, 0.3) is 0 Å². The van der Waals surface area contributed by atoms with Gasteiger partial charge in [-0.25, -0.2) is 4.98 Å². The maximum atomic E-state index is 11.7. The molecule has 2 heterocycles. The molecule has 1 aliphatic rings. The Morgan fingerprint density at radius 3 is 2.65 bits per heavy atom. The zero-order valence-electron chi connectivity index (χ0n) is 19.3. The number of aromatic amines is 1. The van der Waals surface area contributed by atoms with Crippen LogP contribution in [0.15, 0.2) is 48.5 Å². The largest absolute Gasteiger partial charge is 0.491 e. The van der Waals surface area contributed by atoms with Gasteiger partial charge >= 0.3 is 0 Å². The van der Waals surface area contributed by atoms with Gasteiger partial charge in [-0.15, -0.1) is 5.10 Å². The van der Waals surface area contributed by atoms with E-state index in [1.807, 2.05) is 42.5 Å². The lowest BCUT2D eigenvalue weighted by molar-refractivity contribution is -0.118. The van der Waals surface area contributed by atoms with Crippen molar-refractivity contribution in [3.8, 4) is 17.6 Å². The van der Waals surface area contributed by atoms with Gasteiger partial charge in [-0.05, 0) is 37.6 Å². The van der Waals surface area contributed by atoms with E-state index in [0.29, 0.717) is 31.0 Å². The lowest BCUT2D eigenvalue weighted by Gasteiger charge is -2.16. The smallest absolute Gasteiger partial charge is 0.288 e. The minimum absolute atomic E-state index is 0.0286. The average molecular weight is 462 g/mol. The van der Waals surface area contributed by atoms with E-state index in [2.05, 4.69) is 27.0 Å². The number of benzene rings is 2. The van der Waals surface area contributed by atoms with E-state index < -0.39 is 11.5 Å². The van der Waals surface area contributed by atoms with Crippen LogP contribution in [0.3, 0.4) is 0 Å². The fourth-order valence-electron chi connectivity index (χ4n) is 3.03. The molecular formula is C25H27N5O4. The number of anilines is 1. The number of primary amides is 1. The van der Waals surface area contributed by atoms with Gasteiger partial charge in [0, 0.05) is 19.0 Å². The SMILES string of the molecule is CN1C(=O)CCOc2cc(C#CC(C)(C)O)ccc21.NC(=O)c1n[nH]c(Cc2ccccc2)n1. The van der Waals surface area contributed by atoms with Crippen molar-refractivity contribution in [1.82, 2.24) is 15.2 Å². The monoisotopic (exact) mass is 461 g/mol. The van der Waals surface area contributed by atoms with Gasteiger partial charge in [0.1, 0.15) is 17.2 Å². The summed E-state index contributed by atoms with van der Waals surface area (Å²) in [6.45, 7) is 3.64. The van der Waals surface area contributed by atoms with Gasteiger partial charge in [0.2, 0.25) is 11.7 Å². The minimum atomic E-state index is -1.03. The Bertz CT molecular complexity index is 1220. The lowest BCUT2D eigenvalue weighted by atomic mass is 10.1. The van der Waals surface area contributed by atoms with Gasteiger partial charge < -0.3 is 20.5 Å². The number of aliphatic hydroxyl groups is 1. The fourth-order valence-corrected chi connectivity index (χ4v) is 3.03. The number of hydrogen-bond donors (Lipinski definition) is 3. The van der Waals surface area contributed by atoms with Crippen LogP contribution in [-0.2, 0) is 11.2 Å². The van der Waals surface area contributed by atoms with Crippen LogP contribution in [0.5, 0.6) is 5.75 Å². The first-order valence-electron chi connectivity index (χ1n) is 10.7. The summed E-state index contributed by atoms with van der Waals surface area (Å²) in [7, 11) is 1.73. The number of nitrogens with two attached hydrogens (primary N) is 1. The first kappa shape index (κ1) is 24.5. The number of amides is 2. The second-order valence-corrected chi connectivity index (χ2v) is 8.18. The number of fused-ring (bicyclic) bond motifs is 1. The summed E-state index contributed by atoms with van der Waals surface area (Å²) in [6.07, 6.45) is 0.983. The van der Waals surface area contributed by atoms with Crippen LogP contribution in [0.4, 0.5) is 5.69 Å². The summed E-state index contributed by atoms with van der Waals surface area (Å²) < 4.78 is 5.57. The Balaban J connectivity index is 0.000000196. The van der Waals surface area contributed by atoms with E-state index in [0.717, 1.165) is 16.8 Å². The molecule has 9 nitrogen and oxygen atoms in total. The van der Waals surface area contributed by atoms with Crippen LogP contribution >= 0.6 is 0 Å². The summed E-state index contributed by atoms with van der Waals surface area (Å²) in [5.41, 5.74) is 6.61. The second kappa shape index (κ2) is 10.6. The number of H-pyrrole nitrogens is 1. The van der Waals surface area contributed by atoms with Gasteiger partial charge in [0.15, 0.2) is 0 Å². The normalized spacial score (nSPS) is 12.8. The molecule has 0 unspecified atom stereocenters. The van der Waals surface area contributed by atoms with Crippen molar-refractivity contribution < 1.29 is 19.4 Å². The number of carbonyl (C=O) groups excluding carboxylic acids is 2. The molecule has 2 amide bonds. The Morgan fingerprint density at radius 1 is 1.26 bits per heavy atom. The number of ether oxygens (including phenoxy) is 1. The molecule has 176 valence electrons. The molecule has 0 saturated carbocycles. The third kappa shape index (κ3) is 6.92. The average Bonchev–Trinajstić information content (AvgIpc) is 3.21. The fraction of sp³-hybridized carbons (Fsp3) is 0.280. The van der Waals surface area contributed by atoms with Gasteiger partial charge in [-0.3, -0.25) is 14.7 Å². The van der Waals surface area contributed by atoms with Crippen molar-refractivity contribution in [1.29, 1.82) is 0 Å². The molecule has 0 atom stereocenters. The van der Waals surface area contributed by atoms with Crippen molar-refractivity contribution in [3.05, 3.63) is 71.3 Å². The molecule has 0 radical (unpaired) electrons. The van der Waals surface area contributed by atoms with Crippen molar-refractivity contribution in [2.75, 3.05) is 18.6 Å². The molecular weight excluding hydrogens is 434 g/mol. The molecule has 0 fully saturated rings. The van der Waals surface area contributed by atoms with Crippen LogP contribution in [0.2, 0.25) is 0 Å². The van der Waals surface area contributed by atoms with Crippen LogP contribution in [0, 0.1) is 11.8 Å². The van der Waals surface area contributed by atoms with E-state index in [1.165, 1.54) is 0 Å². The third-order valence-electron chi connectivity index (χ3n) is 4.75. The summed E-state index contributed by atoms with van der Waals surface area (Å²) in [5.74, 6) is 6.38. The Labute approximate surface area is 198 Å². The quantitative estimate of drug-likeness (QED) is 0.511. The molecule has 0 spiro atoms. The number of nitrogens with one attached hydrogen (secondary N) is 1. The van der Waals surface area contributed by atoms with Crippen LogP contribution in [-0.4, -0.2) is 51.4 Å². The lowest BCUT2D eigenvalue weighted by Crippen LogP contribution is -2.25. The van der Waals surface area contributed by atoms with Crippen LogP contribution in [0.1, 0.15) is 47.8 Å². The van der Waals surface area contributed by atoms with E-state index in [9.17, 15) is 14.7 Å². The molecule has 4 rings (SSSR count). The zero-order valence-corrected chi connectivity index (χ0v) is 19.3. The molecule has 2 aromatic carbocycles. The van der Waals surface area contributed by atoms with E-state index in [-0.39, 0.29) is 11.7 Å². The maximum Gasteiger partial charge on any atom is 0.288 e. The number of carbonyl (C=O) groups is 2. The molecule has 4 N–H and O–H groups in total. The second-order valence-electron chi connectivity index (χ2n) is 8.18. The topological polar surface area (TPSA) is 134 Å². The Morgan fingerprint density at radius 2 is 2.00 bits per heavy atom. The Hall–Kier alpha value is -4.16. The van der Waals surface area contributed by atoms with Crippen molar-refractivity contribution in [2.24, 2.45) is 5.73 Å². The number of hydrogen-bond acceptors (Lipinski definition) is 6. The molecule has 34 heavy (non-hydrogen) atoms. The molecule has 0 aliphatic carbocycles. The number of nitrogens with zero attached hydrogens (tertiary/aromatic N) is 3. The van der Waals surface area contributed by atoms with Gasteiger partial charge in [0.25, 0.3) is 5.91 Å². The van der Waals surface area contributed by atoms with Crippen molar-refractivity contribution in [2.45, 2.75) is 32.3 Å². The summed E-state index contributed by atoms with van der Waals surface area (Å²) in [6, 6.07) is 15.2. The minimum Gasteiger partial charge on any atom is -0.491 e. The number of rotatable bonds is 3. The first-order chi connectivity index (χ1) is 16.1.